The zero-order valence-electron chi connectivity index (χ0n) is 11.4. The van der Waals surface area contributed by atoms with Gasteiger partial charge in [-0.15, -0.1) is 0 Å². The van der Waals surface area contributed by atoms with E-state index in [9.17, 15) is 8.42 Å². The third-order valence-electron chi connectivity index (χ3n) is 3.75. The van der Waals surface area contributed by atoms with Crippen LogP contribution in [0.4, 0.5) is 0 Å². The Balaban J connectivity index is 2.29. The SMILES string of the molecule is CNC(c1ccccc1OC)C1CCCS(=O)(=O)C1. The van der Waals surface area contributed by atoms with Crippen LogP contribution in [-0.4, -0.2) is 34.1 Å². The zero-order valence-corrected chi connectivity index (χ0v) is 12.2. The molecular weight excluding hydrogens is 262 g/mol. The predicted molar refractivity (Wildman–Crippen MR) is 76.2 cm³/mol. The highest BCUT2D eigenvalue weighted by atomic mass is 32.2. The molecule has 0 spiro atoms. The van der Waals surface area contributed by atoms with Crippen LogP contribution in [0.1, 0.15) is 24.4 Å². The quantitative estimate of drug-likeness (QED) is 0.915. The second-order valence-electron chi connectivity index (χ2n) is 5.02. The Morgan fingerprint density at radius 1 is 1.37 bits per heavy atom. The fourth-order valence-corrected chi connectivity index (χ4v) is 4.67. The van der Waals surface area contributed by atoms with Crippen LogP contribution in [-0.2, 0) is 9.84 Å². The molecule has 1 fully saturated rings. The Kier molecular flexibility index (Phi) is 4.47. The van der Waals surface area contributed by atoms with Crippen LogP contribution in [0.25, 0.3) is 0 Å². The number of rotatable bonds is 4. The molecular formula is C14H21NO3S. The lowest BCUT2D eigenvalue weighted by Crippen LogP contribution is -2.34. The number of sulfone groups is 1. The third-order valence-corrected chi connectivity index (χ3v) is 5.60. The number of ether oxygens (including phenoxy) is 1. The molecule has 1 N–H and O–H groups in total. The van der Waals surface area contributed by atoms with Crippen molar-refractivity contribution < 1.29 is 13.2 Å². The summed E-state index contributed by atoms with van der Waals surface area (Å²) in [4.78, 5) is 0. The minimum atomic E-state index is -2.90. The largest absolute Gasteiger partial charge is 0.496 e. The molecule has 0 aliphatic carbocycles. The highest BCUT2D eigenvalue weighted by Gasteiger charge is 2.32. The van der Waals surface area contributed by atoms with Crippen LogP contribution >= 0.6 is 0 Å². The van der Waals surface area contributed by atoms with Crippen LogP contribution in [0.2, 0.25) is 0 Å². The van der Waals surface area contributed by atoms with Crippen LogP contribution in [0, 0.1) is 5.92 Å². The van der Waals surface area contributed by atoms with Gasteiger partial charge in [-0.05, 0) is 31.9 Å². The first-order valence-corrected chi connectivity index (χ1v) is 8.40. The number of methoxy groups -OCH3 is 1. The van der Waals surface area contributed by atoms with Crippen molar-refractivity contribution in [3.05, 3.63) is 29.8 Å². The minimum absolute atomic E-state index is 0.0197. The van der Waals surface area contributed by atoms with Gasteiger partial charge in [-0.25, -0.2) is 8.42 Å². The summed E-state index contributed by atoms with van der Waals surface area (Å²) in [6.45, 7) is 0. The lowest BCUT2D eigenvalue weighted by Gasteiger charge is -2.31. The molecule has 1 heterocycles. The molecule has 1 saturated heterocycles. The summed E-state index contributed by atoms with van der Waals surface area (Å²) in [5, 5.41) is 3.26. The molecule has 0 aromatic heterocycles. The Bertz CT molecular complexity index is 527. The number of benzene rings is 1. The van der Waals surface area contributed by atoms with Gasteiger partial charge in [0.05, 0.1) is 18.6 Å². The van der Waals surface area contributed by atoms with E-state index < -0.39 is 9.84 Å². The molecule has 2 atom stereocenters. The maximum absolute atomic E-state index is 11.8. The normalized spacial score (nSPS) is 23.8. The molecule has 1 aliphatic rings. The molecule has 2 rings (SSSR count). The molecule has 0 saturated carbocycles. The van der Waals surface area contributed by atoms with Crippen molar-refractivity contribution in [1.82, 2.24) is 5.32 Å². The van der Waals surface area contributed by atoms with E-state index in [4.69, 9.17) is 4.74 Å². The van der Waals surface area contributed by atoms with Crippen molar-refractivity contribution in [3.8, 4) is 5.75 Å². The molecule has 5 heteroatoms. The summed E-state index contributed by atoms with van der Waals surface area (Å²) in [7, 11) is 0.620. The minimum Gasteiger partial charge on any atom is -0.496 e. The summed E-state index contributed by atoms with van der Waals surface area (Å²) in [5.41, 5.74) is 1.04. The lowest BCUT2D eigenvalue weighted by atomic mass is 9.90. The van der Waals surface area contributed by atoms with Crippen molar-refractivity contribution in [3.63, 3.8) is 0 Å². The number of nitrogens with one attached hydrogen (secondary N) is 1. The van der Waals surface area contributed by atoms with Gasteiger partial charge in [0.15, 0.2) is 9.84 Å². The van der Waals surface area contributed by atoms with Crippen molar-refractivity contribution in [2.45, 2.75) is 18.9 Å². The molecule has 0 radical (unpaired) electrons. The predicted octanol–water partition coefficient (Wildman–Crippen LogP) is 1.78. The monoisotopic (exact) mass is 283 g/mol. The summed E-state index contributed by atoms with van der Waals surface area (Å²) < 4.78 is 29.0. The van der Waals surface area contributed by atoms with Crippen molar-refractivity contribution in [2.75, 3.05) is 25.7 Å². The van der Waals surface area contributed by atoms with Crippen LogP contribution < -0.4 is 10.1 Å². The maximum atomic E-state index is 11.8. The average molecular weight is 283 g/mol. The van der Waals surface area contributed by atoms with Crippen molar-refractivity contribution in [2.24, 2.45) is 5.92 Å². The van der Waals surface area contributed by atoms with Crippen molar-refractivity contribution >= 4 is 9.84 Å². The van der Waals surface area contributed by atoms with E-state index in [0.29, 0.717) is 5.75 Å². The summed E-state index contributed by atoms with van der Waals surface area (Å²) in [6, 6.07) is 7.82. The Hall–Kier alpha value is -1.07. The lowest BCUT2D eigenvalue weighted by molar-refractivity contribution is 0.350. The summed E-state index contributed by atoms with van der Waals surface area (Å²) in [5.74, 6) is 1.51. The van der Waals surface area contributed by atoms with Crippen LogP contribution in [0.5, 0.6) is 5.75 Å². The smallest absolute Gasteiger partial charge is 0.150 e. The molecule has 1 aliphatic heterocycles. The average Bonchev–Trinajstić information content (AvgIpc) is 2.39. The highest BCUT2D eigenvalue weighted by molar-refractivity contribution is 7.91. The van der Waals surface area contributed by atoms with Crippen molar-refractivity contribution in [1.29, 1.82) is 0 Å². The first kappa shape index (κ1) is 14.3. The van der Waals surface area contributed by atoms with Crippen LogP contribution in [0.15, 0.2) is 24.3 Å². The molecule has 0 amide bonds. The van der Waals surface area contributed by atoms with E-state index in [-0.39, 0.29) is 17.7 Å². The highest BCUT2D eigenvalue weighted by Crippen LogP contribution is 2.34. The second kappa shape index (κ2) is 5.92. The molecule has 0 bridgehead atoms. The first-order valence-electron chi connectivity index (χ1n) is 6.58. The number of hydrogen-bond acceptors (Lipinski definition) is 4. The van der Waals surface area contributed by atoms with Gasteiger partial charge in [0.25, 0.3) is 0 Å². The molecule has 1 aromatic rings. The van der Waals surface area contributed by atoms with E-state index in [0.717, 1.165) is 24.2 Å². The fourth-order valence-electron chi connectivity index (χ4n) is 2.89. The standard InChI is InChI=1S/C14H21NO3S/c1-15-14(11-6-5-9-19(16,17)10-11)12-7-3-4-8-13(12)18-2/h3-4,7-8,11,14-15H,5-6,9-10H2,1-2H3. The fraction of sp³-hybridized carbons (Fsp3) is 0.571. The van der Waals surface area contributed by atoms with Gasteiger partial charge >= 0.3 is 0 Å². The van der Waals surface area contributed by atoms with Gasteiger partial charge in [-0.1, -0.05) is 18.2 Å². The molecule has 2 unspecified atom stereocenters. The zero-order chi connectivity index (χ0) is 13.9. The Labute approximate surface area is 115 Å². The van der Waals surface area contributed by atoms with Gasteiger partial charge in [-0.2, -0.15) is 0 Å². The maximum Gasteiger partial charge on any atom is 0.150 e. The summed E-state index contributed by atoms with van der Waals surface area (Å²) >= 11 is 0. The first-order chi connectivity index (χ1) is 9.07. The molecule has 19 heavy (non-hydrogen) atoms. The van der Waals surface area contributed by atoms with E-state index in [1.807, 2.05) is 31.3 Å². The van der Waals surface area contributed by atoms with E-state index >= 15 is 0 Å². The van der Waals surface area contributed by atoms with Gasteiger partial charge in [-0.3, -0.25) is 0 Å². The van der Waals surface area contributed by atoms with Crippen LogP contribution in [0.3, 0.4) is 0 Å². The molecule has 4 nitrogen and oxygen atoms in total. The second-order valence-corrected chi connectivity index (χ2v) is 7.25. The molecule has 1 aromatic carbocycles. The summed E-state index contributed by atoms with van der Waals surface area (Å²) in [6.07, 6.45) is 1.68. The topological polar surface area (TPSA) is 55.4 Å². The number of hydrogen-bond donors (Lipinski definition) is 1. The van der Waals surface area contributed by atoms with Gasteiger partial charge in [0, 0.05) is 11.6 Å². The third kappa shape index (κ3) is 3.28. The Morgan fingerprint density at radius 2 is 2.11 bits per heavy atom. The Morgan fingerprint density at radius 3 is 2.74 bits per heavy atom. The number of para-hydroxylation sites is 1. The van der Waals surface area contributed by atoms with Gasteiger partial charge in [0.1, 0.15) is 5.75 Å². The van der Waals surface area contributed by atoms with E-state index in [2.05, 4.69) is 5.32 Å². The van der Waals surface area contributed by atoms with E-state index in [1.165, 1.54) is 0 Å². The van der Waals surface area contributed by atoms with E-state index in [1.54, 1.807) is 7.11 Å². The van der Waals surface area contributed by atoms with Gasteiger partial charge < -0.3 is 10.1 Å². The van der Waals surface area contributed by atoms with Gasteiger partial charge in [0.2, 0.25) is 0 Å². The molecule has 106 valence electrons.